The second kappa shape index (κ2) is 3.09. The van der Waals surface area contributed by atoms with Gasteiger partial charge < -0.3 is 5.11 Å². The van der Waals surface area contributed by atoms with E-state index in [1.54, 1.807) is 0 Å². The van der Waals surface area contributed by atoms with E-state index in [1.165, 1.54) is 0 Å². The molecule has 0 radical (unpaired) electrons. The Bertz CT molecular complexity index is 563. The van der Waals surface area contributed by atoms with E-state index in [-0.39, 0.29) is 0 Å². The Morgan fingerprint density at radius 2 is 1.25 bits per heavy atom. The van der Waals surface area contributed by atoms with Crippen molar-refractivity contribution in [2.24, 2.45) is 0 Å². The molecule has 0 saturated carbocycles. The first-order valence-corrected chi connectivity index (χ1v) is 3.53. The summed E-state index contributed by atoms with van der Waals surface area (Å²) in [7, 11) is 0. The molecule has 0 fully saturated rings. The van der Waals surface area contributed by atoms with Crippen molar-refractivity contribution in [2.75, 3.05) is 0 Å². The van der Waals surface area contributed by atoms with E-state index >= 15 is 0 Å². The Hall–Kier alpha value is -1.80. The number of hydrogen-bond acceptors (Lipinski definition) is 4. The second-order valence-corrected chi connectivity index (χ2v) is 2.78. The summed E-state index contributed by atoms with van der Waals surface area (Å²) in [6.07, 6.45) is -6.18. The monoisotopic (exact) mass is 244 g/mol. The van der Waals surface area contributed by atoms with Crippen molar-refractivity contribution in [1.82, 2.24) is 0 Å². The first-order chi connectivity index (χ1) is 7.01. The molecule has 9 heteroatoms. The third-order valence-corrected chi connectivity index (χ3v) is 1.76. The van der Waals surface area contributed by atoms with E-state index in [9.17, 15) is 36.3 Å². The lowest BCUT2D eigenvalue weighted by molar-refractivity contribution is -0.290. The van der Waals surface area contributed by atoms with Crippen LogP contribution in [0.25, 0.3) is 0 Å². The highest BCUT2D eigenvalue weighted by molar-refractivity contribution is 5.38. The van der Waals surface area contributed by atoms with Gasteiger partial charge in [-0.25, -0.2) is 0 Å². The van der Waals surface area contributed by atoms with Crippen LogP contribution in [0.15, 0.2) is 14.4 Å². The van der Waals surface area contributed by atoms with Gasteiger partial charge >= 0.3 is 12.1 Å². The minimum absolute atomic E-state index is 2.07. The number of rotatable bonds is 1. The number of aromatic hydroxyl groups is 1. The van der Waals surface area contributed by atoms with Crippen LogP contribution >= 0.6 is 0 Å². The van der Waals surface area contributed by atoms with Crippen LogP contribution < -0.4 is 16.3 Å². The van der Waals surface area contributed by atoms with Gasteiger partial charge in [0.15, 0.2) is 5.75 Å². The van der Waals surface area contributed by atoms with Crippen LogP contribution in [0.4, 0.5) is 22.0 Å². The Balaban J connectivity index is 3.72. The van der Waals surface area contributed by atoms with Gasteiger partial charge in [0.05, 0.1) is 0 Å². The number of halogens is 5. The van der Waals surface area contributed by atoms with Crippen molar-refractivity contribution >= 4 is 0 Å². The van der Waals surface area contributed by atoms with Crippen LogP contribution in [-0.2, 0) is 5.92 Å². The summed E-state index contributed by atoms with van der Waals surface area (Å²) in [6, 6.07) is 0. The summed E-state index contributed by atoms with van der Waals surface area (Å²) in [5, 5.41) is 8.61. The third-order valence-electron chi connectivity index (χ3n) is 1.76. The molecule has 16 heavy (non-hydrogen) atoms. The van der Waals surface area contributed by atoms with E-state index in [0.29, 0.717) is 0 Å². The van der Waals surface area contributed by atoms with Gasteiger partial charge in [-0.05, 0) is 0 Å². The Morgan fingerprint density at radius 3 is 1.50 bits per heavy atom. The van der Waals surface area contributed by atoms with Crippen LogP contribution in [0.3, 0.4) is 0 Å². The van der Waals surface area contributed by atoms with E-state index in [1.807, 2.05) is 0 Å². The Kier molecular flexibility index (Phi) is 2.37. The molecule has 0 aliphatic heterocycles. The standard InChI is InChI=1S/C7HF5O4/c8-6(9,7(10,11)12)1-2(13)4(15)5(16)3(1)14/h13H. The van der Waals surface area contributed by atoms with Gasteiger partial charge in [0.2, 0.25) is 5.43 Å². The Morgan fingerprint density at radius 1 is 0.812 bits per heavy atom. The van der Waals surface area contributed by atoms with Gasteiger partial charge in [-0.3, -0.25) is 14.4 Å². The van der Waals surface area contributed by atoms with Gasteiger partial charge in [-0.15, -0.1) is 0 Å². The quantitative estimate of drug-likeness (QED) is 0.557. The molecule has 0 aliphatic carbocycles. The molecule has 1 N–H and O–H groups in total. The van der Waals surface area contributed by atoms with E-state index in [4.69, 9.17) is 5.11 Å². The molecule has 0 aromatic heterocycles. The Labute approximate surface area is 82.3 Å². The average molecular weight is 244 g/mol. The fourth-order valence-electron chi connectivity index (χ4n) is 0.978. The second-order valence-electron chi connectivity index (χ2n) is 2.78. The largest absolute Gasteiger partial charge is 0.504 e. The summed E-state index contributed by atoms with van der Waals surface area (Å²) in [6.45, 7) is 0. The molecule has 1 aromatic carbocycles. The molecule has 0 spiro atoms. The van der Waals surface area contributed by atoms with E-state index in [2.05, 4.69) is 0 Å². The minimum Gasteiger partial charge on any atom is -0.504 e. The predicted octanol–water partition coefficient (Wildman–Crippen LogP) is 0.00250. The van der Waals surface area contributed by atoms with Crippen molar-refractivity contribution in [3.05, 3.63) is 36.2 Å². The highest BCUT2D eigenvalue weighted by Crippen LogP contribution is 2.44. The van der Waals surface area contributed by atoms with Crippen molar-refractivity contribution < 1.29 is 27.1 Å². The summed E-state index contributed by atoms with van der Waals surface area (Å²) < 4.78 is 60.7. The van der Waals surface area contributed by atoms with Gasteiger partial charge in [0.25, 0.3) is 10.9 Å². The fourth-order valence-corrected chi connectivity index (χ4v) is 0.978. The molecule has 0 atom stereocenters. The highest BCUT2D eigenvalue weighted by Gasteiger charge is 2.62. The molecule has 0 aliphatic rings. The summed E-state index contributed by atoms with van der Waals surface area (Å²) in [5.41, 5.74) is -9.04. The zero-order chi connectivity index (χ0) is 12.9. The fraction of sp³-hybridized carbons (Fsp3) is 0.286. The smallest absolute Gasteiger partial charge is 0.458 e. The summed E-state index contributed by atoms with van der Waals surface area (Å²) in [4.78, 5) is 31.7. The van der Waals surface area contributed by atoms with Crippen LogP contribution in [0.5, 0.6) is 5.75 Å². The molecule has 0 saturated heterocycles. The van der Waals surface area contributed by atoms with Crippen LogP contribution in [0, 0.1) is 0 Å². The maximum Gasteiger partial charge on any atom is 0.458 e. The zero-order valence-corrected chi connectivity index (χ0v) is 7.06. The van der Waals surface area contributed by atoms with Crippen molar-refractivity contribution in [2.45, 2.75) is 12.1 Å². The normalized spacial score (nSPS) is 13.1. The predicted molar refractivity (Wildman–Crippen MR) is 39.2 cm³/mol. The molecule has 1 aromatic rings. The molecular formula is C7HF5O4. The van der Waals surface area contributed by atoms with Crippen LogP contribution in [0.1, 0.15) is 5.56 Å². The van der Waals surface area contributed by atoms with Gasteiger partial charge in [-0.2, -0.15) is 22.0 Å². The lowest BCUT2D eigenvalue weighted by Gasteiger charge is -2.17. The maximum absolute atomic E-state index is 12.6. The molecule has 1 rings (SSSR count). The first-order valence-electron chi connectivity index (χ1n) is 3.53. The van der Waals surface area contributed by atoms with Gasteiger partial charge in [-0.1, -0.05) is 0 Å². The molecule has 0 bridgehead atoms. The summed E-state index contributed by atoms with van der Waals surface area (Å²) >= 11 is 0. The third kappa shape index (κ3) is 1.39. The SMILES string of the molecule is O=c1c(O)c(C(F)(F)C(F)(F)F)c(=O)c1=O. The molecular weight excluding hydrogens is 243 g/mol. The molecule has 0 heterocycles. The van der Waals surface area contributed by atoms with Gasteiger partial charge in [0, 0.05) is 0 Å². The van der Waals surface area contributed by atoms with Crippen LogP contribution in [0.2, 0.25) is 0 Å². The molecule has 0 amide bonds. The molecule has 4 nitrogen and oxygen atoms in total. The topological polar surface area (TPSA) is 71.4 Å². The first kappa shape index (κ1) is 12.3. The number of hydrogen-bond donors (Lipinski definition) is 1. The average Bonchev–Trinajstić information content (AvgIpc) is 2.29. The maximum atomic E-state index is 12.6. The molecule has 88 valence electrons. The van der Waals surface area contributed by atoms with Crippen molar-refractivity contribution in [1.29, 1.82) is 0 Å². The lowest BCUT2D eigenvalue weighted by Crippen LogP contribution is -2.39. The molecule has 0 unspecified atom stereocenters. The van der Waals surface area contributed by atoms with Crippen molar-refractivity contribution in [3.63, 3.8) is 0 Å². The zero-order valence-electron chi connectivity index (χ0n) is 7.06. The van der Waals surface area contributed by atoms with Crippen molar-refractivity contribution in [3.8, 4) is 5.75 Å². The lowest BCUT2D eigenvalue weighted by atomic mass is 10.1. The summed E-state index contributed by atoms with van der Waals surface area (Å²) in [5.74, 6) is -7.90. The van der Waals surface area contributed by atoms with Gasteiger partial charge in [0.1, 0.15) is 5.56 Å². The number of alkyl halides is 5. The van der Waals surface area contributed by atoms with Crippen LogP contribution in [-0.4, -0.2) is 11.3 Å². The van der Waals surface area contributed by atoms with E-state index < -0.39 is 39.7 Å². The van der Waals surface area contributed by atoms with E-state index in [0.717, 1.165) is 0 Å². The minimum atomic E-state index is -6.18. The highest BCUT2D eigenvalue weighted by atomic mass is 19.4.